The van der Waals surface area contributed by atoms with Crippen LogP contribution in [0.15, 0.2) is 35.7 Å². The number of thiophene rings is 1. The smallest absolute Gasteiger partial charge is 0.239 e. The van der Waals surface area contributed by atoms with Gasteiger partial charge >= 0.3 is 0 Å². The molecule has 2 aromatic heterocycles. The molecule has 1 N–H and O–H groups in total. The van der Waals surface area contributed by atoms with E-state index in [-0.39, 0.29) is 5.91 Å². The molecule has 1 aromatic carbocycles. The van der Waals surface area contributed by atoms with Crippen molar-refractivity contribution in [3.63, 3.8) is 0 Å². The number of likely N-dealkylation sites (tertiary alicyclic amines) is 1. The first-order valence-corrected chi connectivity index (χ1v) is 10.3. The number of amides is 1. The number of carbonyl (C=O) groups is 1. The van der Waals surface area contributed by atoms with Gasteiger partial charge < -0.3 is 5.32 Å². The Balaban J connectivity index is 1.40. The van der Waals surface area contributed by atoms with E-state index in [0.29, 0.717) is 23.0 Å². The lowest BCUT2D eigenvalue weighted by atomic mass is 9.99. The Morgan fingerprint density at radius 1 is 1.38 bits per heavy atom. The molecule has 26 heavy (non-hydrogen) atoms. The Labute approximate surface area is 159 Å². The average molecular weight is 383 g/mol. The van der Waals surface area contributed by atoms with E-state index in [2.05, 4.69) is 28.4 Å². The van der Waals surface area contributed by atoms with Gasteiger partial charge in [-0.2, -0.15) is 5.26 Å². The Bertz CT molecular complexity index is 938. The Morgan fingerprint density at radius 2 is 2.27 bits per heavy atom. The fraction of sp³-hybridized carbons (Fsp3) is 0.316. The predicted molar refractivity (Wildman–Crippen MR) is 106 cm³/mol. The van der Waals surface area contributed by atoms with Gasteiger partial charge in [-0.15, -0.1) is 22.7 Å². The minimum absolute atomic E-state index is 0.0612. The maximum absolute atomic E-state index is 12.4. The molecule has 1 saturated heterocycles. The number of rotatable bonds is 4. The van der Waals surface area contributed by atoms with Gasteiger partial charge in [-0.1, -0.05) is 12.1 Å². The van der Waals surface area contributed by atoms with Crippen LogP contribution in [0.5, 0.6) is 0 Å². The molecule has 0 saturated carbocycles. The lowest BCUT2D eigenvalue weighted by Gasteiger charge is -2.31. The van der Waals surface area contributed by atoms with Gasteiger partial charge in [0.1, 0.15) is 11.1 Å². The molecule has 0 spiro atoms. The summed E-state index contributed by atoms with van der Waals surface area (Å²) in [6, 6.07) is 12.1. The van der Waals surface area contributed by atoms with Crippen LogP contribution in [0, 0.1) is 11.3 Å². The van der Waals surface area contributed by atoms with Gasteiger partial charge in [0.15, 0.2) is 0 Å². The van der Waals surface area contributed by atoms with Crippen molar-refractivity contribution in [2.45, 2.75) is 18.8 Å². The molecule has 1 atom stereocenters. The highest BCUT2D eigenvalue weighted by Crippen LogP contribution is 2.33. The zero-order valence-electron chi connectivity index (χ0n) is 14.1. The van der Waals surface area contributed by atoms with Crippen LogP contribution in [0.2, 0.25) is 0 Å². The summed E-state index contributed by atoms with van der Waals surface area (Å²) >= 11 is 3.14. The van der Waals surface area contributed by atoms with Crippen LogP contribution >= 0.6 is 22.7 Å². The van der Waals surface area contributed by atoms with E-state index in [1.165, 1.54) is 21.0 Å². The third kappa shape index (κ3) is 3.63. The van der Waals surface area contributed by atoms with Crippen molar-refractivity contribution in [1.82, 2.24) is 9.88 Å². The largest absolute Gasteiger partial charge is 0.315 e. The van der Waals surface area contributed by atoms with Crippen molar-refractivity contribution in [1.29, 1.82) is 5.26 Å². The van der Waals surface area contributed by atoms with Gasteiger partial charge in [-0.05, 0) is 43.0 Å². The van der Waals surface area contributed by atoms with E-state index in [1.54, 1.807) is 17.4 Å². The van der Waals surface area contributed by atoms with E-state index in [0.717, 1.165) is 31.4 Å². The molecule has 3 heterocycles. The van der Waals surface area contributed by atoms with Gasteiger partial charge in [-0.25, -0.2) is 4.98 Å². The van der Waals surface area contributed by atoms with E-state index in [4.69, 9.17) is 10.2 Å². The summed E-state index contributed by atoms with van der Waals surface area (Å²) in [7, 11) is 0. The number of piperidine rings is 1. The summed E-state index contributed by atoms with van der Waals surface area (Å²) in [5.74, 6) is 0.319. The first kappa shape index (κ1) is 17.2. The van der Waals surface area contributed by atoms with Crippen molar-refractivity contribution in [2.75, 3.05) is 25.0 Å². The number of nitriles is 1. The average Bonchev–Trinajstić information content (AvgIpc) is 3.28. The number of carbonyl (C=O) groups excluding carboxylic acids is 1. The highest BCUT2D eigenvalue weighted by Gasteiger charge is 2.25. The molecule has 0 bridgehead atoms. The normalized spacial score (nSPS) is 17.9. The number of nitrogens with one attached hydrogen (secondary N) is 1. The number of hydrogen-bond acceptors (Lipinski definition) is 6. The molecule has 4 rings (SSSR count). The molecule has 1 fully saturated rings. The number of hydrogen-bond donors (Lipinski definition) is 1. The van der Waals surface area contributed by atoms with Gasteiger partial charge in [0.05, 0.1) is 27.3 Å². The zero-order valence-corrected chi connectivity index (χ0v) is 15.8. The molecule has 0 radical (unpaired) electrons. The molecule has 0 aliphatic carbocycles. The van der Waals surface area contributed by atoms with E-state index < -0.39 is 0 Å². The van der Waals surface area contributed by atoms with E-state index >= 15 is 0 Å². The molecule has 1 aliphatic heterocycles. The zero-order chi connectivity index (χ0) is 17.9. The maximum atomic E-state index is 12.4. The number of nitrogens with zero attached hydrogens (tertiary/aromatic N) is 3. The quantitative estimate of drug-likeness (QED) is 0.739. The number of aromatic nitrogens is 1. The minimum Gasteiger partial charge on any atom is -0.315 e. The van der Waals surface area contributed by atoms with Crippen molar-refractivity contribution in [3.05, 3.63) is 46.3 Å². The molecular weight excluding hydrogens is 364 g/mol. The van der Waals surface area contributed by atoms with Gasteiger partial charge in [0.2, 0.25) is 5.91 Å². The van der Waals surface area contributed by atoms with Crippen LogP contribution in [0.4, 0.5) is 5.00 Å². The number of para-hydroxylation sites is 1. The van der Waals surface area contributed by atoms with E-state index in [9.17, 15) is 4.79 Å². The summed E-state index contributed by atoms with van der Waals surface area (Å²) in [5, 5.41) is 15.5. The molecule has 1 aliphatic rings. The Morgan fingerprint density at radius 3 is 3.12 bits per heavy atom. The standard InChI is InChI=1S/C19H18N4OS2/c20-10-13-7-9-25-18(13)22-17(24)12-23-8-3-4-14(11-23)19-21-15-5-1-2-6-16(15)26-19/h1-2,5-7,9,14H,3-4,8,11-12H2,(H,22,24)/t14-/m1/s1. The topological polar surface area (TPSA) is 69.0 Å². The third-order valence-corrected chi connectivity index (χ3v) is 6.60. The highest BCUT2D eigenvalue weighted by molar-refractivity contribution is 7.18. The number of fused-ring (bicyclic) bond motifs is 1. The van der Waals surface area contributed by atoms with Gasteiger partial charge in [0.25, 0.3) is 0 Å². The van der Waals surface area contributed by atoms with Crippen LogP contribution in [0.1, 0.15) is 29.3 Å². The molecule has 7 heteroatoms. The van der Waals surface area contributed by atoms with Gasteiger partial charge in [-0.3, -0.25) is 9.69 Å². The fourth-order valence-corrected chi connectivity index (χ4v) is 5.18. The first-order chi connectivity index (χ1) is 12.7. The summed E-state index contributed by atoms with van der Waals surface area (Å²) in [5.41, 5.74) is 1.58. The second-order valence-corrected chi connectivity index (χ2v) is 8.40. The predicted octanol–water partition coefficient (Wildman–Crippen LogP) is 4.05. The van der Waals surface area contributed by atoms with Crippen LogP contribution in [-0.2, 0) is 4.79 Å². The SMILES string of the molecule is N#Cc1ccsc1NC(=O)CN1CCC[C@@H](c2nc3ccccc3s2)C1. The lowest BCUT2D eigenvalue weighted by molar-refractivity contribution is -0.117. The van der Waals surface area contributed by atoms with Crippen LogP contribution in [-0.4, -0.2) is 35.4 Å². The minimum atomic E-state index is -0.0612. The van der Waals surface area contributed by atoms with Crippen molar-refractivity contribution in [3.8, 4) is 6.07 Å². The number of anilines is 1. The number of benzene rings is 1. The highest BCUT2D eigenvalue weighted by atomic mass is 32.1. The Hall–Kier alpha value is -2.27. The molecule has 3 aromatic rings. The van der Waals surface area contributed by atoms with Crippen molar-refractivity contribution in [2.24, 2.45) is 0 Å². The molecule has 1 amide bonds. The summed E-state index contributed by atoms with van der Waals surface area (Å²) in [4.78, 5) is 19.3. The Kier molecular flexibility index (Phi) is 4.98. The lowest BCUT2D eigenvalue weighted by Crippen LogP contribution is -2.39. The summed E-state index contributed by atoms with van der Waals surface area (Å²) in [6.45, 7) is 2.12. The van der Waals surface area contributed by atoms with Crippen LogP contribution < -0.4 is 5.32 Å². The van der Waals surface area contributed by atoms with Crippen molar-refractivity contribution < 1.29 is 4.79 Å². The maximum Gasteiger partial charge on any atom is 0.239 e. The first-order valence-electron chi connectivity index (χ1n) is 8.58. The monoisotopic (exact) mass is 382 g/mol. The summed E-state index contributed by atoms with van der Waals surface area (Å²) < 4.78 is 1.22. The third-order valence-electron chi connectivity index (χ3n) is 4.57. The van der Waals surface area contributed by atoms with Crippen LogP contribution in [0.3, 0.4) is 0 Å². The summed E-state index contributed by atoms with van der Waals surface area (Å²) in [6.07, 6.45) is 2.18. The molecule has 132 valence electrons. The van der Waals surface area contributed by atoms with Crippen molar-refractivity contribution >= 4 is 43.8 Å². The second kappa shape index (κ2) is 7.54. The molecular formula is C19H18N4OS2. The number of thiazole rings is 1. The second-order valence-electron chi connectivity index (χ2n) is 6.42. The van der Waals surface area contributed by atoms with Gasteiger partial charge in [0, 0.05) is 12.5 Å². The fourth-order valence-electron chi connectivity index (χ4n) is 3.33. The molecule has 0 unspecified atom stereocenters. The van der Waals surface area contributed by atoms with Crippen LogP contribution in [0.25, 0.3) is 10.2 Å². The van der Waals surface area contributed by atoms with E-state index in [1.807, 2.05) is 17.5 Å². The molecule has 5 nitrogen and oxygen atoms in total.